The van der Waals surface area contributed by atoms with Gasteiger partial charge in [-0.3, -0.25) is 4.79 Å². The predicted molar refractivity (Wildman–Crippen MR) is 54.9 cm³/mol. The van der Waals surface area contributed by atoms with Crippen molar-refractivity contribution in [3.05, 3.63) is 0 Å². The van der Waals surface area contributed by atoms with Gasteiger partial charge in [-0.15, -0.1) is 0 Å². The summed E-state index contributed by atoms with van der Waals surface area (Å²) in [7, 11) is 1.63. The highest BCUT2D eigenvalue weighted by molar-refractivity contribution is 5.78. The molecule has 0 heterocycles. The molecule has 13 heavy (non-hydrogen) atoms. The van der Waals surface area contributed by atoms with Crippen molar-refractivity contribution in [3.8, 4) is 0 Å². The van der Waals surface area contributed by atoms with E-state index < -0.39 is 0 Å². The number of methoxy groups -OCH3 is 1. The summed E-state index contributed by atoms with van der Waals surface area (Å²) in [5, 5.41) is 0. The molecule has 0 aromatic rings. The van der Waals surface area contributed by atoms with Crippen LogP contribution in [0, 0.1) is 0 Å². The summed E-state index contributed by atoms with van der Waals surface area (Å²) in [5.41, 5.74) is 0. The molecule has 0 unspecified atom stereocenters. The molecule has 2 nitrogen and oxygen atoms in total. The lowest BCUT2D eigenvalue weighted by Gasteiger charge is -2.00. The number of carbonyl (C=O) groups is 1. The fourth-order valence-corrected chi connectivity index (χ4v) is 1.27. The Morgan fingerprint density at radius 3 is 2.38 bits per heavy atom. The topological polar surface area (TPSA) is 26.3 Å². The second-order valence-electron chi connectivity index (χ2n) is 3.45. The van der Waals surface area contributed by atoms with E-state index >= 15 is 0 Å². The summed E-state index contributed by atoms with van der Waals surface area (Å²) in [5.74, 6) is 0.346. The van der Waals surface area contributed by atoms with Gasteiger partial charge in [0.1, 0.15) is 5.78 Å². The third-order valence-corrected chi connectivity index (χ3v) is 2.14. The highest BCUT2D eigenvalue weighted by atomic mass is 16.5. The third-order valence-electron chi connectivity index (χ3n) is 2.14. The Kier molecular flexibility index (Phi) is 9.44. The Morgan fingerprint density at radius 1 is 1.08 bits per heavy atom. The third kappa shape index (κ3) is 9.54. The van der Waals surface area contributed by atoms with Crippen LogP contribution in [0.5, 0.6) is 0 Å². The normalized spacial score (nSPS) is 10.3. The summed E-state index contributed by atoms with van der Waals surface area (Å²) < 4.78 is 4.84. The van der Waals surface area contributed by atoms with E-state index in [0.29, 0.717) is 18.8 Å². The van der Waals surface area contributed by atoms with Crippen molar-refractivity contribution in [2.75, 3.05) is 13.7 Å². The first-order chi connectivity index (χ1) is 6.31. The SMILES string of the molecule is CCCCCCCC(=O)CCOC. The molecule has 0 aliphatic heterocycles. The number of rotatable bonds is 9. The maximum atomic E-state index is 11.2. The highest BCUT2D eigenvalue weighted by Gasteiger charge is 2.00. The number of carbonyl (C=O) groups excluding carboxylic acids is 1. The van der Waals surface area contributed by atoms with Gasteiger partial charge in [-0.25, -0.2) is 0 Å². The van der Waals surface area contributed by atoms with E-state index in [-0.39, 0.29) is 0 Å². The van der Waals surface area contributed by atoms with Crippen LogP contribution in [0.3, 0.4) is 0 Å². The predicted octanol–water partition coefficient (Wildman–Crippen LogP) is 2.95. The first kappa shape index (κ1) is 12.6. The fraction of sp³-hybridized carbons (Fsp3) is 0.909. The zero-order chi connectivity index (χ0) is 9.94. The van der Waals surface area contributed by atoms with Gasteiger partial charge >= 0.3 is 0 Å². The van der Waals surface area contributed by atoms with Crippen LogP contribution in [0.15, 0.2) is 0 Å². The van der Waals surface area contributed by atoms with E-state index in [0.717, 1.165) is 12.8 Å². The van der Waals surface area contributed by atoms with E-state index in [1.165, 1.54) is 25.7 Å². The summed E-state index contributed by atoms with van der Waals surface area (Å²) in [6.45, 7) is 2.78. The Morgan fingerprint density at radius 2 is 1.77 bits per heavy atom. The van der Waals surface area contributed by atoms with Gasteiger partial charge in [-0.05, 0) is 6.42 Å². The lowest BCUT2D eigenvalue weighted by molar-refractivity contribution is -0.120. The van der Waals surface area contributed by atoms with Crippen molar-refractivity contribution in [3.63, 3.8) is 0 Å². The minimum atomic E-state index is 0.346. The number of ketones is 1. The van der Waals surface area contributed by atoms with E-state index in [2.05, 4.69) is 6.92 Å². The van der Waals surface area contributed by atoms with Gasteiger partial charge in [0.15, 0.2) is 0 Å². The van der Waals surface area contributed by atoms with Gasteiger partial charge < -0.3 is 4.74 Å². The molecular weight excluding hydrogens is 164 g/mol. The Balaban J connectivity index is 3.08. The molecule has 0 saturated heterocycles. The first-order valence-electron chi connectivity index (χ1n) is 5.32. The van der Waals surface area contributed by atoms with Crippen molar-refractivity contribution < 1.29 is 9.53 Å². The lowest BCUT2D eigenvalue weighted by atomic mass is 10.1. The molecule has 78 valence electrons. The number of hydrogen-bond acceptors (Lipinski definition) is 2. The number of hydrogen-bond donors (Lipinski definition) is 0. The van der Waals surface area contributed by atoms with Gasteiger partial charge in [0.25, 0.3) is 0 Å². The van der Waals surface area contributed by atoms with Crippen molar-refractivity contribution >= 4 is 5.78 Å². The van der Waals surface area contributed by atoms with Crippen molar-refractivity contribution in [1.29, 1.82) is 0 Å². The largest absolute Gasteiger partial charge is 0.384 e. The van der Waals surface area contributed by atoms with Crippen LogP contribution >= 0.6 is 0 Å². The van der Waals surface area contributed by atoms with Crippen molar-refractivity contribution in [2.24, 2.45) is 0 Å². The highest BCUT2D eigenvalue weighted by Crippen LogP contribution is 2.06. The molecule has 0 N–H and O–H groups in total. The van der Waals surface area contributed by atoms with Gasteiger partial charge in [0, 0.05) is 20.0 Å². The average molecular weight is 186 g/mol. The van der Waals surface area contributed by atoms with E-state index in [4.69, 9.17) is 4.74 Å². The number of unbranched alkanes of at least 4 members (excludes halogenated alkanes) is 4. The van der Waals surface area contributed by atoms with Crippen LogP contribution in [-0.4, -0.2) is 19.5 Å². The number of ether oxygens (including phenoxy) is 1. The molecule has 0 spiro atoms. The summed E-state index contributed by atoms with van der Waals surface area (Å²) in [4.78, 5) is 11.2. The van der Waals surface area contributed by atoms with Crippen LogP contribution in [-0.2, 0) is 9.53 Å². The number of Topliss-reactive ketones (excluding diaryl/α,β-unsaturated/α-hetero) is 1. The molecule has 0 bridgehead atoms. The average Bonchev–Trinajstić information content (AvgIpc) is 2.14. The molecule has 0 amide bonds. The maximum Gasteiger partial charge on any atom is 0.135 e. The molecule has 0 fully saturated rings. The monoisotopic (exact) mass is 186 g/mol. The van der Waals surface area contributed by atoms with Crippen LogP contribution in [0.25, 0.3) is 0 Å². The van der Waals surface area contributed by atoms with E-state index in [1.54, 1.807) is 7.11 Å². The molecular formula is C11H22O2. The van der Waals surface area contributed by atoms with Crippen LogP contribution < -0.4 is 0 Å². The Bertz CT molecular complexity index is 121. The molecule has 0 aliphatic carbocycles. The summed E-state index contributed by atoms with van der Waals surface area (Å²) >= 11 is 0. The Hall–Kier alpha value is -0.370. The lowest BCUT2D eigenvalue weighted by Crippen LogP contribution is -2.02. The van der Waals surface area contributed by atoms with Crippen LogP contribution in [0.1, 0.15) is 51.9 Å². The molecule has 0 rings (SSSR count). The maximum absolute atomic E-state index is 11.2. The molecule has 0 saturated carbocycles. The van der Waals surface area contributed by atoms with Gasteiger partial charge in [-0.2, -0.15) is 0 Å². The Labute approximate surface area is 81.7 Å². The van der Waals surface area contributed by atoms with Crippen LogP contribution in [0.2, 0.25) is 0 Å². The second-order valence-corrected chi connectivity index (χ2v) is 3.45. The summed E-state index contributed by atoms with van der Waals surface area (Å²) in [6.07, 6.45) is 7.42. The van der Waals surface area contributed by atoms with Crippen LogP contribution in [0.4, 0.5) is 0 Å². The molecule has 0 radical (unpaired) electrons. The minimum absolute atomic E-state index is 0.346. The first-order valence-corrected chi connectivity index (χ1v) is 5.32. The quantitative estimate of drug-likeness (QED) is 0.517. The zero-order valence-electron chi connectivity index (χ0n) is 8.97. The fourth-order valence-electron chi connectivity index (χ4n) is 1.27. The van der Waals surface area contributed by atoms with Crippen molar-refractivity contribution in [2.45, 2.75) is 51.9 Å². The standard InChI is InChI=1S/C11H22O2/c1-3-4-5-6-7-8-11(12)9-10-13-2/h3-10H2,1-2H3. The van der Waals surface area contributed by atoms with E-state index in [9.17, 15) is 4.79 Å². The summed E-state index contributed by atoms with van der Waals surface area (Å²) in [6, 6.07) is 0. The van der Waals surface area contributed by atoms with Gasteiger partial charge in [0.05, 0.1) is 6.61 Å². The second kappa shape index (κ2) is 9.72. The smallest absolute Gasteiger partial charge is 0.135 e. The molecule has 0 aliphatic rings. The van der Waals surface area contributed by atoms with Crippen molar-refractivity contribution in [1.82, 2.24) is 0 Å². The van der Waals surface area contributed by atoms with E-state index in [1.807, 2.05) is 0 Å². The van der Waals surface area contributed by atoms with Gasteiger partial charge in [-0.1, -0.05) is 32.6 Å². The van der Waals surface area contributed by atoms with Gasteiger partial charge in [0.2, 0.25) is 0 Å². The molecule has 0 atom stereocenters. The zero-order valence-corrected chi connectivity index (χ0v) is 8.97. The molecule has 0 aromatic heterocycles. The molecule has 2 heteroatoms. The minimum Gasteiger partial charge on any atom is -0.384 e. The molecule has 0 aromatic carbocycles.